The molecule has 4 heteroatoms. The first kappa shape index (κ1) is 13.7. The molecule has 0 aliphatic rings. The molecule has 16 heavy (non-hydrogen) atoms. The molecule has 0 aliphatic carbocycles. The van der Waals surface area contributed by atoms with Crippen molar-refractivity contribution in [2.24, 2.45) is 5.73 Å². The Morgan fingerprint density at radius 2 is 2.06 bits per heavy atom. The first-order valence-electron chi connectivity index (χ1n) is 5.47. The third-order valence-electron chi connectivity index (χ3n) is 2.34. The van der Waals surface area contributed by atoms with E-state index in [4.69, 9.17) is 10.5 Å². The quantitative estimate of drug-likeness (QED) is 0.753. The molecule has 1 atom stereocenters. The van der Waals surface area contributed by atoms with Gasteiger partial charge in [-0.2, -0.15) is 0 Å². The average molecular weight is 334 g/mol. The number of rotatable bonds is 7. The van der Waals surface area contributed by atoms with Crippen LogP contribution in [0.25, 0.3) is 0 Å². The lowest BCUT2D eigenvalue weighted by molar-refractivity contribution is 0.182. The summed E-state index contributed by atoms with van der Waals surface area (Å²) in [5.74, 6) is 0. The van der Waals surface area contributed by atoms with Crippen LogP contribution >= 0.6 is 22.6 Å². The van der Waals surface area contributed by atoms with Crippen molar-refractivity contribution < 1.29 is 4.74 Å². The zero-order valence-corrected chi connectivity index (χ0v) is 11.7. The minimum absolute atomic E-state index is 0.341. The smallest absolute Gasteiger partial charge is 0.0664 e. The van der Waals surface area contributed by atoms with E-state index in [0.717, 1.165) is 25.1 Å². The molecular weight excluding hydrogens is 315 g/mol. The lowest BCUT2D eigenvalue weighted by atomic mass is 10.1. The fraction of sp³-hybridized carbons (Fsp3) is 0.500. The van der Waals surface area contributed by atoms with E-state index in [-0.39, 0.29) is 0 Å². The standard InChI is InChI=1S/C12H19IN2O/c1-16-9-12(3-2-8-14)15-11-6-4-10(13)5-7-11/h4-7,12,15H,2-3,8-9,14H2,1H3. The van der Waals surface area contributed by atoms with Gasteiger partial charge in [-0.15, -0.1) is 0 Å². The topological polar surface area (TPSA) is 47.3 Å². The second kappa shape index (κ2) is 7.86. The third kappa shape index (κ3) is 5.14. The molecule has 90 valence electrons. The Hall–Kier alpha value is -0.330. The monoisotopic (exact) mass is 334 g/mol. The van der Waals surface area contributed by atoms with Crippen molar-refractivity contribution in [2.45, 2.75) is 18.9 Å². The van der Waals surface area contributed by atoms with Crippen molar-refractivity contribution in [3.05, 3.63) is 27.8 Å². The summed E-state index contributed by atoms with van der Waals surface area (Å²) in [6.45, 7) is 1.45. The molecule has 0 spiro atoms. The van der Waals surface area contributed by atoms with Gasteiger partial charge in [0.2, 0.25) is 0 Å². The van der Waals surface area contributed by atoms with Gasteiger partial charge < -0.3 is 15.8 Å². The van der Waals surface area contributed by atoms with Crippen LogP contribution in [0.3, 0.4) is 0 Å². The van der Waals surface area contributed by atoms with Crippen LogP contribution in [0.2, 0.25) is 0 Å². The number of nitrogens with one attached hydrogen (secondary N) is 1. The summed E-state index contributed by atoms with van der Waals surface area (Å²) in [7, 11) is 1.73. The fourth-order valence-corrected chi connectivity index (χ4v) is 1.90. The van der Waals surface area contributed by atoms with Crippen LogP contribution < -0.4 is 11.1 Å². The van der Waals surface area contributed by atoms with Crippen molar-refractivity contribution in [2.75, 3.05) is 25.6 Å². The molecule has 3 N–H and O–H groups in total. The van der Waals surface area contributed by atoms with Gasteiger partial charge in [-0.25, -0.2) is 0 Å². The number of methoxy groups -OCH3 is 1. The highest BCUT2D eigenvalue weighted by Gasteiger charge is 2.07. The lowest BCUT2D eigenvalue weighted by Gasteiger charge is -2.18. The Labute approximate surface area is 111 Å². The predicted molar refractivity (Wildman–Crippen MR) is 76.7 cm³/mol. The summed E-state index contributed by atoms with van der Waals surface area (Å²) in [5.41, 5.74) is 6.66. The molecule has 3 nitrogen and oxygen atoms in total. The predicted octanol–water partition coefficient (Wildman–Crippen LogP) is 2.46. The molecule has 0 bridgehead atoms. The third-order valence-corrected chi connectivity index (χ3v) is 3.06. The van der Waals surface area contributed by atoms with Gasteiger partial charge in [-0.05, 0) is 66.2 Å². The lowest BCUT2D eigenvalue weighted by Crippen LogP contribution is -2.25. The fourth-order valence-electron chi connectivity index (χ4n) is 1.54. The summed E-state index contributed by atoms with van der Waals surface area (Å²) in [4.78, 5) is 0. The first-order valence-corrected chi connectivity index (χ1v) is 6.55. The molecule has 0 heterocycles. The van der Waals surface area contributed by atoms with E-state index in [1.54, 1.807) is 7.11 Å². The molecule has 0 saturated heterocycles. The van der Waals surface area contributed by atoms with Gasteiger partial charge in [-0.3, -0.25) is 0 Å². The van der Waals surface area contributed by atoms with Gasteiger partial charge >= 0.3 is 0 Å². The van der Waals surface area contributed by atoms with E-state index >= 15 is 0 Å². The molecule has 0 saturated carbocycles. The molecule has 1 aromatic rings. The SMILES string of the molecule is COCC(CCCN)Nc1ccc(I)cc1. The maximum absolute atomic E-state index is 5.52. The van der Waals surface area contributed by atoms with Crippen molar-refractivity contribution in [1.82, 2.24) is 0 Å². The van der Waals surface area contributed by atoms with Gasteiger partial charge in [0.05, 0.1) is 6.61 Å². The van der Waals surface area contributed by atoms with Crippen molar-refractivity contribution in [1.29, 1.82) is 0 Å². The van der Waals surface area contributed by atoms with Crippen molar-refractivity contribution >= 4 is 28.3 Å². The first-order chi connectivity index (χ1) is 7.76. The molecule has 0 radical (unpaired) electrons. The number of hydrogen-bond acceptors (Lipinski definition) is 3. The number of halogens is 1. The maximum atomic E-state index is 5.52. The van der Waals surface area contributed by atoms with E-state index < -0.39 is 0 Å². The highest BCUT2D eigenvalue weighted by Crippen LogP contribution is 2.13. The minimum atomic E-state index is 0.341. The second-order valence-electron chi connectivity index (χ2n) is 3.73. The van der Waals surface area contributed by atoms with Crippen LogP contribution in [-0.4, -0.2) is 26.3 Å². The van der Waals surface area contributed by atoms with Crippen LogP contribution in [-0.2, 0) is 4.74 Å². The van der Waals surface area contributed by atoms with Gasteiger partial charge in [0.15, 0.2) is 0 Å². The number of benzene rings is 1. The summed E-state index contributed by atoms with van der Waals surface area (Å²) < 4.78 is 6.44. The largest absolute Gasteiger partial charge is 0.383 e. The maximum Gasteiger partial charge on any atom is 0.0664 e. The Morgan fingerprint density at radius 1 is 1.38 bits per heavy atom. The average Bonchev–Trinajstić information content (AvgIpc) is 2.29. The zero-order valence-electron chi connectivity index (χ0n) is 9.58. The highest BCUT2D eigenvalue weighted by molar-refractivity contribution is 14.1. The van der Waals surface area contributed by atoms with Crippen LogP contribution in [0.1, 0.15) is 12.8 Å². The number of ether oxygens (including phenoxy) is 1. The van der Waals surface area contributed by atoms with Gasteiger partial charge in [0, 0.05) is 22.4 Å². The van der Waals surface area contributed by atoms with Crippen LogP contribution in [0.15, 0.2) is 24.3 Å². The summed E-state index contributed by atoms with van der Waals surface area (Å²) >= 11 is 2.30. The Morgan fingerprint density at radius 3 is 2.62 bits per heavy atom. The zero-order chi connectivity index (χ0) is 11.8. The molecule has 0 aromatic heterocycles. The van der Waals surface area contributed by atoms with E-state index in [1.165, 1.54) is 3.57 Å². The molecule has 1 unspecified atom stereocenters. The Kier molecular flexibility index (Phi) is 6.75. The van der Waals surface area contributed by atoms with Crippen molar-refractivity contribution in [3.8, 4) is 0 Å². The van der Waals surface area contributed by atoms with E-state index in [2.05, 4.69) is 52.2 Å². The summed E-state index contributed by atoms with van der Waals surface area (Å²) in [5, 5.41) is 3.46. The van der Waals surface area contributed by atoms with Gasteiger partial charge in [-0.1, -0.05) is 0 Å². The van der Waals surface area contributed by atoms with Gasteiger partial charge in [0.1, 0.15) is 0 Å². The van der Waals surface area contributed by atoms with Crippen LogP contribution in [0, 0.1) is 3.57 Å². The Balaban J connectivity index is 2.49. The second-order valence-corrected chi connectivity index (χ2v) is 4.98. The number of hydrogen-bond donors (Lipinski definition) is 2. The van der Waals surface area contributed by atoms with E-state index in [9.17, 15) is 0 Å². The summed E-state index contributed by atoms with van der Waals surface area (Å²) in [6.07, 6.45) is 2.06. The minimum Gasteiger partial charge on any atom is -0.383 e. The van der Waals surface area contributed by atoms with Gasteiger partial charge in [0.25, 0.3) is 0 Å². The van der Waals surface area contributed by atoms with Crippen LogP contribution in [0.4, 0.5) is 5.69 Å². The van der Waals surface area contributed by atoms with Crippen LogP contribution in [0.5, 0.6) is 0 Å². The summed E-state index contributed by atoms with van der Waals surface area (Å²) in [6, 6.07) is 8.71. The Bertz CT molecular complexity index is 290. The van der Waals surface area contributed by atoms with E-state index in [0.29, 0.717) is 12.6 Å². The van der Waals surface area contributed by atoms with E-state index in [1.807, 2.05) is 0 Å². The number of anilines is 1. The molecule has 1 rings (SSSR count). The van der Waals surface area contributed by atoms with Crippen molar-refractivity contribution in [3.63, 3.8) is 0 Å². The molecule has 0 fully saturated rings. The molecule has 1 aromatic carbocycles. The molecular formula is C12H19IN2O. The number of nitrogens with two attached hydrogens (primary N) is 1. The normalized spacial score (nSPS) is 12.4. The molecule has 0 amide bonds. The molecule has 0 aliphatic heterocycles. The highest BCUT2D eigenvalue weighted by atomic mass is 127.